The van der Waals surface area contributed by atoms with Gasteiger partial charge in [0, 0.05) is 80.4 Å². The van der Waals surface area contributed by atoms with Gasteiger partial charge in [-0.25, -0.2) is 9.59 Å². The molecule has 2 heterocycles. The monoisotopic (exact) mass is 764 g/mol. The number of nitrogens with zero attached hydrogens (tertiary/aromatic N) is 4. The Morgan fingerprint density at radius 3 is 1.63 bits per heavy atom. The van der Waals surface area contributed by atoms with Gasteiger partial charge >= 0.3 is 18.0 Å². The molecule has 0 bridgehead atoms. The van der Waals surface area contributed by atoms with Crippen LogP contribution in [0.2, 0.25) is 0 Å². The normalized spacial score (nSPS) is 17.8. The van der Waals surface area contributed by atoms with E-state index >= 15 is 0 Å². The number of urea groups is 2. The number of hydrogen-bond donors (Lipinski definition) is 1. The van der Waals surface area contributed by atoms with E-state index in [4.69, 9.17) is 5.11 Å². The molecular weight excluding hydrogens is 728 g/mol. The fraction of sp³-hybridized carbons (Fsp3) is 0.750. The average Bonchev–Trinajstić information content (AvgIpc) is 3.19. The topological polar surface area (TPSA) is 84.4 Å². The van der Waals surface area contributed by atoms with Crippen molar-refractivity contribution in [2.45, 2.75) is 58.5 Å². The number of carbonyl (C=O) groups is 3. The standard InChI is InChI=1S/C10H17N2O3.C10H19N2O.2W/c1-3-4-11-5-6-12(10(11)15)8(2)7-9(13)14;1-4-6-11-7-8-12(10(11)13)9(3)5-2;;/h8H,1,3-7H2,2H3,(H,13,14);9H,1,4-8H2,2-3H3;;/q2*-1;;/t;9-;;/m.1../s1. The Hall–Kier alpha value is -0.613. The summed E-state index contributed by atoms with van der Waals surface area (Å²) in [5.74, 6) is -0.870. The first-order valence-electron chi connectivity index (χ1n) is 10.2. The van der Waals surface area contributed by atoms with E-state index in [9.17, 15) is 14.4 Å². The summed E-state index contributed by atoms with van der Waals surface area (Å²) in [6.45, 7) is 17.9. The Kier molecular flexibility index (Phi) is 16.9. The van der Waals surface area contributed by atoms with Crippen LogP contribution >= 0.6 is 0 Å². The quantitative estimate of drug-likeness (QED) is 0.367. The van der Waals surface area contributed by atoms with Gasteiger partial charge in [0.15, 0.2) is 0 Å². The third kappa shape index (κ3) is 9.26. The minimum atomic E-state index is -0.870. The second-order valence-corrected chi connectivity index (χ2v) is 7.34. The molecule has 0 aliphatic carbocycles. The zero-order valence-electron chi connectivity index (χ0n) is 18.4. The first kappa shape index (κ1) is 31.6. The van der Waals surface area contributed by atoms with Gasteiger partial charge in [0.1, 0.15) is 0 Å². The first-order valence-corrected chi connectivity index (χ1v) is 10.2. The van der Waals surface area contributed by atoms with Crippen LogP contribution in [0, 0.1) is 13.8 Å². The molecule has 10 heteroatoms. The molecular formula is C20H36N4O4W2-2. The molecule has 0 aromatic rings. The molecule has 174 valence electrons. The molecule has 2 fully saturated rings. The predicted molar refractivity (Wildman–Crippen MR) is 109 cm³/mol. The minimum absolute atomic E-state index is 0. The summed E-state index contributed by atoms with van der Waals surface area (Å²) in [5, 5.41) is 8.64. The predicted octanol–water partition coefficient (Wildman–Crippen LogP) is 2.55. The van der Waals surface area contributed by atoms with E-state index in [0.29, 0.717) is 32.1 Å². The van der Waals surface area contributed by atoms with Crippen molar-refractivity contribution < 1.29 is 61.6 Å². The third-order valence-electron chi connectivity index (χ3n) is 5.24. The summed E-state index contributed by atoms with van der Waals surface area (Å²) in [6.07, 6.45) is 2.53. The second kappa shape index (κ2) is 16.1. The molecule has 0 aromatic carbocycles. The van der Waals surface area contributed by atoms with Gasteiger partial charge in [-0.2, -0.15) is 12.8 Å². The fourth-order valence-electron chi connectivity index (χ4n) is 3.40. The summed E-state index contributed by atoms with van der Waals surface area (Å²) in [6, 6.07) is 0.275. The Labute approximate surface area is 210 Å². The minimum Gasteiger partial charge on any atom is -0.481 e. The van der Waals surface area contributed by atoms with E-state index in [0.717, 1.165) is 32.5 Å². The van der Waals surface area contributed by atoms with Crippen LogP contribution in [-0.4, -0.2) is 94.1 Å². The van der Waals surface area contributed by atoms with Gasteiger partial charge in [-0.05, 0) is 33.4 Å². The van der Waals surface area contributed by atoms with Crippen molar-refractivity contribution >= 4 is 18.0 Å². The van der Waals surface area contributed by atoms with Gasteiger partial charge in [-0.3, -0.25) is 4.79 Å². The van der Waals surface area contributed by atoms with Crippen LogP contribution in [-0.2, 0) is 46.9 Å². The van der Waals surface area contributed by atoms with Crippen molar-refractivity contribution in [2.75, 3.05) is 39.3 Å². The van der Waals surface area contributed by atoms with Crippen molar-refractivity contribution in [3.8, 4) is 0 Å². The Morgan fingerprint density at radius 1 is 0.900 bits per heavy atom. The number of amides is 4. The van der Waals surface area contributed by atoms with Crippen LogP contribution in [0.5, 0.6) is 0 Å². The average molecular weight is 764 g/mol. The second-order valence-electron chi connectivity index (χ2n) is 7.34. The van der Waals surface area contributed by atoms with E-state index in [1.165, 1.54) is 0 Å². The molecule has 1 unspecified atom stereocenters. The molecule has 2 saturated heterocycles. The van der Waals surface area contributed by atoms with Gasteiger partial charge in [0.25, 0.3) is 0 Å². The van der Waals surface area contributed by atoms with Crippen molar-refractivity contribution in [1.82, 2.24) is 19.6 Å². The Balaban J connectivity index is 0. The molecule has 30 heavy (non-hydrogen) atoms. The molecule has 1 N–H and O–H groups in total. The summed E-state index contributed by atoms with van der Waals surface area (Å²) >= 11 is 0. The van der Waals surface area contributed by atoms with Gasteiger partial charge in [0.2, 0.25) is 0 Å². The maximum atomic E-state index is 11.7. The van der Waals surface area contributed by atoms with Crippen LogP contribution in [0.15, 0.2) is 0 Å². The van der Waals surface area contributed by atoms with Crippen LogP contribution in [0.4, 0.5) is 9.59 Å². The zero-order valence-corrected chi connectivity index (χ0v) is 24.3. The van der Waals surface area contributed by atoms with Crippen molar-refractivity contribution in [1.29, 1.82) is 0 Å². The maximum absolute atomic E-state index is 11.7. The summed E-state index contributed by atoms with van der Waals surface area (Å²) < 4.78 is 0. The summed E-state index contributed by atoms with van der Waals surface area (Å²) in [7, 11) is 0. The SMILES string of the molecule is [CH2-]CCN1CCN(C(C)CC(=O)O)C1=O.[CH2-]CCN1CCN([C@H](C)CC)C1=O.[W].[W]. The van der Waals surface area contributed by atoms with Crippen LogP contribution in [0.1, 0.15) is 46.5 Å². The van der Waals surface area contributed by atoms with E-state index in [2.05, 4.69) is 27.7 Å². The first-order chi connectivity index (χ1) is 13.3. The van der Waals surface area contributed by atoms with Crippen LogP contribution < -0.4 is 0 Å². The molecule has 2 atom stereocenters. The fourth-order valence-corrected chi connectivity index (χ4v) is 3.40. The molecule has 0 radical (unpaired) electrons. The number of aliphatic carboxylic acids is 1. The van der Waals surface area contributed by atoms with Gasteiger partial charge in [-0.1, -0.05) is 6.92 Å². The van der Waals surface area contributed by atoms with E-state index in [1.54, 1.807) is 16.7 Å². The van der Waals surface area contributed by atoms with E-state index in [-0.39, 0.29) is 66.7 Å². The van der Waals surface area contributed by atoms with Crippen LogP contribution in [0.25, 0.3) is 0 Å². The number of carboxylic acids is 1. The molecule has 2 aliphatic rings. The molecule has 2 aliphatic heterocycles. The van der Waals surface area contributed by atoms with Gasteiger partial charge in [0.05, 0.1) is 6.42 Å². The summed E-state index contributed by atoms with van der Waals surface area (Å²) in [5.41, 5.74) is 0. The molecule has 2 rings (SSSR count). The molecule has 0 aromatic heterocycles. The molecule has 0 spiro atoms. The summed E-state index contributed by atoms with van der Waals surface area (Å²) in [4.78, 5) is 41.2. The molecule has 8 nitrogen and oxygen atoms in total. The maximum Gasteiger partial charge on any atom is 0.320 e. The number of rotatable bonds is 9. The molecule has 4 amide bonds. The van der Waals surface area contributed by atoms with Crippen molar-refractivity contribution in [2.24, 2.45) is 0 Å². The van der Waals surface area contributed by atoms with Crippen LogP contribution in [0.3, 0.4) is 0 Å². The van der Waals surface area contributed by atoms with Crippen molar-refractivity contribution in [3.63, 3.8) is 0 Å². The number of hydrogen-bond acceptors (Lipinski definition) is 3. The number of carbonyl (C=O) groups excluding carboxylic acids is 2. The Bertz CT molecular complexity index is 539. The third-order valence-corrected chi connectivity index (χ3v) is 5.24. The smallest absolute Gasteiger partial charge is 0.320 e. The van der Waals surface area contributed by atoms with Gasteiger partial charge < -0.3 is 38.6 Å². The number of carboxylic acid groups (broad SMARTS) is 1. The van der Waals surface area contributed by atoms with Crippen molar-refractivity contribution in [3.05, 3.63) is 13.8 Å². The van der Waals surface area contributed by atoms with E-state index in [1.807, 2.05) is 9.80 Å². The van der Waals surface area contributed by atoms with Gasteiger partial charge in [-0.15, -0.1) is 0 Å². The molecule has 0 saturated carbocycles. The Morgan fingerprint density at radius 2 is 1.30 bits per heavy atom. The van der Waals surface area contributed by atoms with E-state index < -0.39 is 5.97 Å². The largest absolute Gasteiger partial charge is 0.481 e. The zero-order chi connectivity index (χ0) is 21.3.